The summed E-state index contributed by atoms with van der Waals surface area (Å²) in [6, 6.07) is 15.9. The third-order valence-electron chi connectivity index (χ3n) is 4.58. The summed E-state index contributed by atoms with van der Waals surface area (Å²) in [5, 5.41) is 12.3. The molecule has 0 atom stereocenters. The number of fused-ring (bicyclic) bond motifs is 2. The molecule has 0 radical (unpaired) electrons. The van der Waals surface area contributed by atoms with Gasteiger partial charge in [-0.3, -0.25) is 4.98 Å². The summed E-state index contributed by atoms with van der Waals surface area (Å²) in [5.41, 5.74) is 1.11. The molecule has 6 heteroatoms. The summed E-state index contributed by atoms with van der Waals surface area (Å²) in [5.74, 6) is 1.20. The molecule has 0 spiro atoms. The third-order valence-corrected chi connectivity index (χ3v) is 4.58. The van der Waals surface area contributed by atoms with Crippen LogP contribution >= 0.6 is 0 Å². The minimum absolute atomic E-state index is 0.0156. The number of phenolic OH excluding ortho intramolecular Hbond substituents is 1. The summed E-state index contributed by atoms with van der Waals surface area (Å²) < 4.78 is 16.4. The highest BCUT2D eigenvalue weighted by Gasteiger charge is 2.13. The van der Waals surface area contributed by atoms with Crippen LogP contribution in [0, 0.1) is 0 Å². The summed E-state index contributed by atoms with van der Waals surface area (Å²) in [6.45, 7) is 2.10. The first kappa shape index (κ1) is 18.6. The Labute approximate surface area is 167 Å². The first-order valence-corrected chi connectivity index (χ1v) is 9.14. The molecule has 0 aliphatic rings. The van der Waals surface area contributed by atoms with Crippen molar-refractivity contribution in [2.75, 3.05) is 13.7 Å². The largest absolute Gasteiger partial charge is 0.504 e. The van der Waals surface area contributed by atoms with E-state index in [0.717, 1.165) is 10.8 Å². The first-order chi connectivity index (χ1) is 14.1. The highest BCUT2D eigenvalue weighted by atomic mass is 16.5. The van der Waals surface area contributed by atoms with Gasteiger partial charge in [-0.2, -0.15) is 0 Å². The molecule has 1 heterocycles. The van der Waals surface area contributed by atoms with Crippen LogP contribution in [0.5, 0.6) is 23.0 Å². The highest BCUT2D eigenvalue weighted by Crippen LogP contribution is 2.37. The molecule has 4 aromatic rings. The fourth-order valence-corrected chi connectivity index (χ4v) is 3.23. The average Bonchev–Trinajstić information content (AvgIpc) is 2.73. The van der Waals surface area contributed by atoms with E-state index in [1.807, 2.05) is 24.3 Å². The van der Waals surface area contributed by atoms with E-state index in [1.54, 1.807) is 37.4 Å². The molecule has 29 heavy (non-hydrogen) atoms. The monoisotopic (exact) mass is 389 g/mol. The molecule has 0 fully saturated rings. The number of pyridine rings is 1. The minimum atomic E-state index is -0.348. The number of hydrogen-bond donors (Lipinski definition) is 1. The smallest absolute Gasteiger partial charge is 0.338 e. The maximum absolute atomic E-state index is 12.2. The van der Waals surface area contributed by atoms with Crippen molar-refractivity contribution in [1.82, 2.24) is 4.98 Å². The van der Waals surface area contributed by atoms with Crippen LogP contribution in [0.2, 0.25) is 0 Å². The number of nitrogens with zero attached hydrogens (tertiary/aromatic N) is 1. The number of carbonyl (C=O) groups is 1. The Morgan fingerprint density at radius 1 is 1.03 bits per heavy atom. The van der Waals surface area contributed by atoms with Gasteiger partial charge in [0.25, 0.3) is 0 Å². The minimum Gasteiger partial charge on any atom is -0.504 e. The summed E-state index contributed by atoms with van der Waals surface area (Å²) in [7, 11) is 1.49. The van der Waals surface area contributed by atoms with Gasteiger partial charge in [0.15, 0.2) is 11.5 Å². The van der Waals surface area contributed by atoms with E-state index < -0.39 is 0 Å². The van der Waals surface area contributed by atoms with E-state index in [-0.39, 0.29) is 11.7 Å². The molecular formula is C23H19NO5. The van der Waals surface area contributed by atoms with Crippen LogP contribution in [0.15, 0.2) is 60.8 Å². The van der Waals surface area contributed by atoms with Gasteiger partial charge >= 0.3 is 5.97 Å². The van der Waals surface area contributed by atoms with E-state index in [2.05, 4.69) is 4.98 Å². The Hall–Kier alpha value is -3.80. The quantitative estimate of drug-likeness (QED) is 0.480. The van der Waals surface area contributed by atoms with E-state index in [9.17, 15) is 9.90 Å². The molecule has 1 N–H and O–H groups in total. The molecular weight excluding hydrogens is 370 g/mol. The number of rotatable bonds is 5. The summed E-state index contributed by atoms with van der Waals surface area (Å²) in [6.07, 6.45) is 1.61. The van der Waals surface area contributed by atoms with Gasteiger partial charge < -0.3 is 19.3 Å². The van der Waals surface area contributed by atoms with Crippen LogP contribution < -0.4 is 9.47 Å². The van der Waals surface area contributed by atoms with Crippen molar-refractivity contribution in [3.63, 3.8) is 0 Å². The predicted octanol–water partition coefficient (Wildman–Crippen LogP) is 5.07. The molecule has 0 saturated carbocycles. The second kappa shape index (κ2) is 7.67. The van der Waals surface area contributed by atoms with Crippen molar-refractivity contribution in [1.29, 1.82) is 0 Å². The van der Waals surface area contributed by atoms with E-state index in [4.69, 9.17) is 14.2 Å². The fraction of sp³-hybridized carbons (Fsp3) is 0.130. The summed E-state index contributed by atoms with van der Waals surface area (Å²) >= 11 is 0. The maximum Gasteiger partial charge on any atom is 0.338 e. The molecule has 1 aromatic heterocycles. The molecule has 0 bridgehead atoms. The van der Waals surface area contributed by atoms with Crippen LogP contribution in [0.3, 0.4) is 0 Å². The zero-order valence-corrected chi connectivity index (χ0v) is 16.0. The van der Waals surface area contributed by atoms with Crippen LogP contribution in [-0.2, 0) is 4.74 Å². The molecule has 3 aromatic carbocycles. The molecule has 146 valence electrons. The number of ether oxygens (including phenoxy) is 3. The van der Waals surface area contributed by atoms with Crippen LogP contribution in [0.25, 0.3) is 21.7 Å². The fourth-order valence-electron chi connectivity index (χ4n) is 3.23. The number of phenols is 1. The molecule has 0 aliphatic heterocycles. The normalized spacial score (nSPS) is 10.8. The molecule has 0 saturated heterocycles. The van der Waals surface area contributed by atoms with Gasteiger partial charge in [-0.25, -0.2) is 4.79 Å². The first-order valence-electron chi connectivity index (χ1n) is 9.14. The number of aromatic nitrogens is 1. The van der Waals surface area contributed by atoms with Crippen molar-refractivity contribution in [2.24, 2.45) is 0 Å². The summed E-state index contributed by atoms with van der Waals surface area (Å²) in [4.78, 5) is 16.4. The lowest BCUT2D eigenvalue weighted by molar-refractivity contribution is 0.0528. The standard InChI is InChI=1S/C23H19NO5/c1-3-28-23(26)17-6-4-5-14-11-15(7-8-16(14)17)29-21-9-10-24-19-13-20(25)22(27-2)12-18(19)21/h4-13,25H,3H2,1-2H3. The number of aromatic hydroxyl groups is 1. The van der Waals surface area contributed by atoms with E-state index in [1.165, 1.54) is 13.2 Å². The van der Waals surface area contributed by atoms with E-state index in [0.29, 0.717) is 40.3 Å². The molecule has 6 nitrogen and oxygen atoms in total. The van der Waals surface area contributed by atoms with Crippen LogP contribution in [-0.4, -0.2) is 29.8 Å². The zero-order chi connectivity index (χ0) is 20.4. The van der Waals surface area contributed by atoms with Gasteiger partial charge in [-0.15, -0.1) is 0 Å². The second-order valence-corrected chi connectivity index (χ2v) is 6.36. The predicted molar refractivity (Wildman–Crippen MR) is 110 cm³/mol. The third kappa shape index (κ3) is 3.52. The topological polar surface area (TPSA) is 77.9 Å². The highest BCUT2D eigenvalue weighted by molar-refractivity contribution is 6.04. The van der Waals surface area contributed by atoms with Gasteiger partial charge in [0, 0.05) is 17.6 Å². The Morgan fingerprint density at radius 2 is 1.90 bits per heavy atom. The number of esters is 1. The van der Waals surface area contributed by atoms with Crippen molar-refractivity contribution in [3.8, 4) is 23.0 Å². The number of hydrogen-bond acceptors (Lipinski definition) is 6. The van der Waals surface area contributed by atoms with Gasteiger partial charge in [-0.1, -0.05) is 12.1 Å². The molecule has 0 amide bonds. The zero-order valence-electron chi connectivity index (χ0n) is 16.0. The SMILES string of the molecule is CCOC(=O)c1cccc2cc(Oc3ccnc4cc(O)c(OC)cc34)ccc12. The van der Waals surface area contributed by atoms with Crippen LogP contribution in [0.1, 0.15) is 17.3 Å². The number of carbonyl (C=O) groups excluding carboxylic acids is 1. The number of benzene rings is 3. The Morgan fingerprint density at radius 3 is 2.69 bits per heavy atom. The molecule has 0 aliphatic carbocycles. The lowest BCUT2D eigenvalue weighted by Crippen LogP contribution is -2.05. The van der Waals surface area contributed by atoms with Gasteiger partial charge in [-0.05, 0) is 54.1 Å². The van der Waals surface area contributed by atoms with Crippen molar-refractivity contribution < 1.29 is 24.1 Å². The van der Waals surface area contributed by atoms with E-state index >= 15 is 0 Å². The second-order valence-electron chi connectivity index (χ2n) is 6.36. The molecule has 4 rings (SSSR count). The van der Waals surface area contributed by atoms with Crippen molar-refractivity contribution >= 4 is 27.6 Å². The van der Waals surface area contributed by atoms with Gasteiger partial charge in [0.1, 0.15) is 11.5 Å². The van der Waals surface area contributed by atoms with Gasteiger partial charge in [0.05, 0.1) is 24.8 Å². The van der Waals surface area contributed by atoms with Crippen molar-refractivity contribution in [2.45, 2.75) is 6.92 Å². The van der Waals surface area contributed by atoms with Gasteiger partial charge in [0.2, 0.25) is 0 Å². The average molecular weight is 389 g/mol. The van der Waals surface area contributed by atoms with Crippen molar-refractivity contribution in [3.05, 3.63) is 66.4 Å². The Bertz CT molecular complexity index is 1220. The Kier molecular flexibility index (Phi) is 4.91. The lowest BCUT2D eigenvalue weighted by atomic mass is 10.0. The maximum atomic E-state index is 12.2. The molecule has 0 unspecified atom stereocenters. The van der Waals surface area contributed by atoms with Crippen LogP contribution in [0.4, 0.5) is 0 Å². The Balaban J connectivity index is 1.74. The number of methoxy groups -OCH3 is 1. The lowest BCUT2D eigenvalue weighted by Gasteiger charge is -2.12.